The lowest BCUT2D eigenvalue weighted by atomic mass is 9.82. The topological polar surface area (TPSA) is 122 Å². The lowest BCUT2D eigenvalue weighted by Gasteiger charge is -2.49. The molecule has 12 nitrogen and oxygen atoms in total. The Kier molecular flexibility index (Phi) is 7.88. The van der Waals surface area contributed by atoms with Crippen LogP contribution in [0.3, 0.4) is 0 Å². The van der Waals surface area contributed by atoms with Gasteiger partial charge in [-0.2, -0.15) is 0 Å². The number of hydroxylamine groups is 1. The van der Waals surface area contributed by atoms with Crippen LogP contribution in [-0.4, -0.2) is 68.4 Å². The van der Waals surface area contributed by atoms with Gasteiger partial charge in [0.15, 0.2) is 0 Å². The third-order valence-electron chi connectivity index (χ3n) is 8.37. The van der Waals surface area contributed by atoms with Crippen molar-refractivity contribution < 1.29 is 47.6 Å². The zero-order valence-corrected chi connectivity index (χ0v) is 25.4. The molecule has 0 aliphatic carbocycles. The Labute approximate surface area is 269 Å². The van der Waals surface area contributed by atoms with Crippen LogP contribution in [-0.2, 0) is 14.3 Å². The Bertz CT molecular complexity index is 1790. The first kappa shape index (κ1) is 30.1. The molecule has 240 valence electrons. The van der Waals surface area contributed by atoms with Crippen molar-refractivity contribution in [1.29, 1.82) is 0 Å². The summed E-state index contributed by atoms with van der Waals surface area (Å²) in [6.45, 7) is -0.0497. The van der Waals surface area contributed by atoms with E-state index in [4.69, 9.17) is 33.3 Å². The van der Waals surface area contributed by atoms with E-state index in [2.05, 4.69) is 0 Å². The second kappa shape index (κ2) is 12.3. The fraction of sp³-hybridized carbons (Fsp3) is 0.229. The smallest absolute Gasteiger partial charge is 0.496 e. The summed E-state index contributed by atoms with van der Waals surface area (Å²) in [4.78, 5) is 47.7. The summed E-state index contributed by atoms with van der Waals surface area (Å²) in [6.07, 6.45) is -1.54. The molecular weight excluding hydrogens is 608 g/mol. The van der Waals surface area contributed by atoms with Crippen LogP contribution in [0, 0.1) is 0 Å². The summed E-state index contributed by atoms with van der Waals surface area (Å²) in [6, 6.07) is 28.1. The van der Waals surface area contributed by atoms with E-state index in [1.807, 2.05) is 12.1 Å². The minimum absolute atomic E-state index is 0.194. The molecule has 0 radical (unpaired) electrons. The molecular formula is C35H30N2O10. The predicted octanol–water partition coefficient (Wildman–Crippen LogP) is 5.57. The number of nitrogens with zero attached hydrogens (tertiary/aromatic N) is 2. The van der Waals surface area contributed by atoms with Crippen molar-refractivity contribution >= 4 is 23.9 Å². The molecule has 0 spiro atoms. The van der Waals surface area contributed by atoms with Crippen LogP contribution in [0.1, 0.15) is 21.8 Å². The van der Waals surface area contributed by atoms with E-state index in [9.17, 15) is 14.4 Å². The molecule has 7 rings (SSSR count). The average Bonchev–Trinajstić information content (AvgIpc) is 3.84. The molecule has 12 heteroatoms. The number of carbonyl (C=O) groups excluding carboxylic acids is 3. The largest absolute Gasteiger partial charge is 0.513 e. The van der Waals surface area contributed by atoms with Gasteiger partial charge in [0.1, 0.15) is 35.6 Å². The number of esters is 1. The minimum Gasteiger partial charge on any atom is -0.496 e. The fourth-order valence-electron chi connectivity index (χ4n) is 6.25. The highest BCUT2D eigenvalue weighted by Gasteiger charge is 2.73. The number of benzene rings is 4. The molecule has 0 unspecified atom stereocenters. The van der Waals surface area contributed by atoms with Crippen molar-refractivity contribution in [3.8, 4) is 23.0 Å². The van der Waals surface area contributed by atoms with Gasteiger partial charge in [0.25, 0.3) is 0 Å². The van der Waals surface area contributed by atoms with Crippen molar-refractivity contribution in [2.45, 2.75) is 23.8 Å². The van der Waals surface area contributed by atoms with Crippen LogP contribution in [0.2, 0.25) is 0 Å². The van der Waals surface area contributed by atoms with Crippen molar-refractivity contribution in [2.24, 2.45) is 0 Å². The number of carbonyl (C=O) groups is 3. The van der Waals surface area contributed by atoms with Crippen LogP contribution in [0.15, 0.2) is 103 Å². The van der Waals surface area contributed by atoms with Gasteiger partial charge in [0, 0.05) is 12.7 Å². The van der Waals surface area contributed by atoms with Gasteiger partial charge in [0.2, 0.25) is 5.79 Å². The van der Waals surface area contributed by atoms with E-state index in [1.54, 1.807) is 96.1 Å². The first-order valence-electron chi connectivity index (χ1n) is 14.9. The molecule has 3 aliphatic heterocycles. The van der Waals surface area contributed by atoms with Crippen molar-refractivity contribution in [3.05, 3.63) is 114 Å². The first-order valence-corrected chi connectivity index (χ1v) is 14.9. The van der Waals surface area contributed by atoms with E-state index < -0.39 is 42.0 Å². The van der Waals surface area contributed by atoms with Crippen molar-refractivity contribution in [3.63, 3.8) is 0 Å². The van der Waals surface area contributed by atoms with Gasteiger partial charge in [-0.25, -0.2) is 24.3 Å². The number of fused-ring (bicyclic) bond motifs is 6. The van der Waals surface area contributed by atoms with Gasteiger partial charge in [-0.05, 0) is 48.5 Å². The molecule has 3 aliphatic rings. The number of rotatable bonds is 8. The molecule has 0 N–H and O–H groups in total. The molecule has 1 amide bonds. The number of para-hydroxylation sites is 3. The van der Waals surface area contributed by atoms with Gasteiger partial charge >= 0.3 is 18.2 Å². The summed E-state index contributed by atoms with van der Waals surface area (Å²) in [7, 11) is 2.92. The van der Waals surface area contributed by atoms with Gasteiger partial charge < -0.3 is 28.4 Å². The Hall–Kier alpha value is -5.59. The van der Waals surface area contributed by atoms with Gasteiger partial charge in [-0.15, -0.1) is 0 Å². The number of amides is 1. The summed E-state index contributed by atoms with van der Waals surface area (Å²) in [5.41, 5.74) is 1.20. The van der Waals surface area contributed by atoms with E-state index in [0.717, 1.165) is 0 Å². The average molecular weight is 639 g/mol. The Morgan fingerprint density at radius 3 is 2.00 bits per heavy atom. The molecule has 4 aromatic rings. The number of anilines is 1. The minimum atomic E-state index is -1.53. The fourth-order valence-corrected chi connectivity index (χ4v) is 6.25. The second-order valence-corrected chi connectivity index (χ2v) is 11.0. The van der Waals surface area contributed by atoms with Gasteiger partial charge in [0.05, 0.1) is 36.9 Å². The van der Waals surface area contributed by atoms with E-state index in [0.29, 0.717) is 34.2 Å². The molecule has 4 aromatic carbocycles. The molecule has 2 fully saturated rings. The normalized spacial score (nSPS) is 21.9. The predicted molar refractivity (Wildman–Crippen MR) is 166 cm³/mol. The molecule has 0 saturated carbocycles. The molecule has 0 aromatic heterocycles. The highest BCUT2D eigenvalue weighted by atomic mass is 16.8. The summed E-state index contributed by atoms with van der Waals surface area (Å²) < 4.78 is 34.2. The molecule has 2 bridgehead atoms. The molecule has 2 saturated heterocycles. The van der Waals surface area contributed by atoms with E-state index in [1.165, 1.54) is 19.1 Å². The van der Waals surface area contributed by atoms with Crippen LogP contribution >= 0.6 is 0 Å². The zero-order valence-electron chi connectivity index (χ0n) is 25.4. The van der Waals surface area contributed by atoms with Crippen LogP contribution < -0.4 is 24.0 Å². The van der Waals surface area contributed by atoms with E-state index in [-0.39, 0.29) is 18.7 Å². The first-order chi connectivity index (χ1) is 22.9. The molecule has 3 heterocycles. The van der Waals surface area contributed by atoms with Crippen molar-refractivity contribution in [1.82, 2.24) is 4.90 Å². The van der Waals surface area contributed by atoms with Gasteiger partial charge in [-0.3, -0.25) is 4.90 Å². The number of hydrogen-bond donors (Lipinski definition) is 0. The Morgan fingerprint density at radius 2 is 1.40 bits per heavy atom. The number of hydrogen-bond acceptors (Lipinski definition) is 11. The Morgan fingerprint density at radius 1 is 0.809 bits per heavy atom. The second-order valence-electron chi connectivity index (χ2n) is 11.0. The summed E-state index contributed by atoms with van der Waals surface area (Å²) in [5, 5.41) is 1.57. The standard InChI is InChI=1S/C35H30N2O10/c1-41-29-19-22(32(38)44-23-12-6-3-7-13-23)18-27-30(29)26(21-43-34(40)46-25-16-10-5-11-17-25)35(42-2)31-28(20-36(27)47-35)37(31)33(39)45-24-14-8-4-9-15-24/h3-19,26,28,31H,20-21H2,1-2H3/t26-,28+,31+,35-,37?/m1/s1. The maximum absolute atomic E-state index is 13.5. The third kappa shape index (κ3) is 5.58. The van der Waals surface area contributed by atoms with E-state index >= 15 is 0 Å². The highest BCUT2D eigenvalue weighted by molar-refractivity contribution is 5.93. The monoisotopic (exact) mass is 638 g/mol. The highest BCUT2D eigenvalue weighted by Crippen LogP contribution is 2.58. The molecule has 4 atom stereocenters. The number of methoxy groups -OCH3 is 2. The summed E-state index contributed by atoms with van der Waals surface area (Å²) >= 11 is 0. The maximum atomic E-state index is 13.5. The van der Waals surface area contributed by atoms with Crippen LogP contribution in [0.4, 0.5) is 15.3 Å². The van der Waals surface area contributed by atoms with Gasteiger partial charge in [-0.1, -0.05) is 54.6 Å². The SMILES string of the molecule is COc1cc(C(=O)Oc2ccccc2)cc2c1[C@@H](COC(=O)Oc1ccccc1)[C@@]1(OC)ON2C[C@H]2[C@@H]1N2C(=O)Oc1ccccc1. The number of ether oxygens (including phenoxy) is 6. The summed E-state index contributed by atoms with van der Waals surface area (Å²) in [5.74, 6) is -1.63. The maximum Gasteiger partial charge on any atom is 0.513 e. The third-order valence-corrected chi connectivity index (χ3v) is 8.37. The molecule has 47 heavy (non-hydrogen) atoms. The lowest BCUT2D eigenvalue weighted by Crippen LogP contribution is -2.60. The van der Waals surface area contributed by atoms with Crippen molar-refractivity contribution in [2.75, 3.05) is 32.4 Å². The Balaban J connectivity index is 1.24. The van der Waals surface area contributed by atoms with Crippen LogP contribution in [0.5, 0.6) is 23.0 Å². The van der Waals surface area contributed by atoms with Crippen LogP contribution in [0.25, 0.3) is 0 Å². The zero-order chi connectivity index (χ0) is 32.5. The quantitative estimate of drug-likeness (QED) is 0.104. The lowest BCUT2D eigenvalue weighted by molar-refractivity contribution is -0.266.